The van der Waals surface area contributed by atoms with Crippen molar-refractivity contribution in [1.82, 2.24) is 0 Å². The molecule has 0 fully saturated rings. The summed E-state index contributed by atoms with van der Waals surface area (Å²) in [6.45, 7) is 0. The summed E-state index contributed by atoms with van der Waals surface area (Å²) in [6.07, 6.45) is 0.316. The van der Waals surface area contributed by atoms with Crippen molar-refractivity contribution in [2.75, 3.05) is 10.6 Å². The Labute approximate surface area is 166 Å². The van der Waals surface area contributed by atoms with E-state index in [1.54, 1.807) is 30.3 Å². The first-order valence-corrected chi connectivity index (χ1v) is 9.46. The van der Waals surface area contributed by atoms with Crippen molar-refractivity contribution in [2.24, 2.45) is 0 Å². The minimum absolute atomic E-state index is 0.0450. The van der Waals surface area contributed by atoms with E-state index in [0.717, 1.165) is 21.0 Å². The maximum absolute atomic E-state index is 12.9. The van der Waals surface area contributed by atoms with Gasteiger partial charge in [-0.25, -0.2) is 0 Å². The molecule has 3 aromatic rings. The Morgan fingerprint density at radius 1 is 1.04 bits per heavy atom. The van der Waals surface area contributed by atoms with Crippen LogP contribution < -0.4 is 10.6 Å². The van der Waals surface area contributed by atoms with Gasteiger partial charge in [-0.3, -0.25) is 9.59 Å². The molecular formula is C22H15N3O2S. The van der Waals surface area contributed by atoms with Gasteiger partial charge in [0.2, 0.25) is 5.91 Å². The summed E-state index contributed by atoms with van der Waals surface area (Å²) in [5.74, 6) is -0.286. The second-order valence-electron chi connectivity index (χ2n) is 6.26. The van der Waals surface area contributed by atoms with Gasteiger partial charge in [-0.15, -0.1) is 0 Å². The summed E-state index contributed by atoms with van der Waals surface area (Å²) in [7, 11) is 0. The number of carbonyl (C=O) groups excluding carboxylic acids is 2. The molecule has 6 heteroatoms. The average Bonchev–Trinajstić information content (AvgIpc) is 3.08. The zero-order valence-corrected chi connectivity index (χ0v) is 15.5. The highest BCUT2D eigenvalue weighted by molar-refractivity contribution is 7.99. The molecule has 0 bridgehead atoms. The number of rotatable bonds is 4. The van der Waals surface area contributed by atoms with Gasteiger partial charge in [0, 0.05) is 21.2 Å². The van der Waals surface area contributed by atoms with Gasteiger partial charge in [-0.05, 0) is 48.0 Å². The molecule has 5 nitrogen and oxygen atoms in total. The molecular weight excluding hydrogens is 370 g/mol. The SMILES string of the molecule is N#Cc1ccccc1Sc1ccccc1C(=O)Nc1ccc2c(c1)CC(=O)N2. The predicted octanol–water partition coefficient (Wildman–Crippen LogP) is 4.46. The van der Waals surface area contributed by atoms with E-state index in [2.05, 4.69) is 16.7 Å². The molecule has 3 aromatic carbocycles. The maximum atomic E-state index is 12.9. The summed E-state index contributed by atoms with van der Waals surface area (Å²) in [5, 5.41) is 15.0. The Kier molecular flexibility index (Phi) is 4.83. The Balaban J connectivity index is 1.58. The maximum Gasteiger partial charge on any atom is 0.256 e. The molecule has 4 rings (SSSR count). The summed E-state index contributed by atoms with van der Waals surface area (Å²) in [5.41, 5.74) is 3.38. The lowest BCUT2D eigenvalue weighted by atomic mass is 10.1. The number of amides is 2. The number of fused-ring (bicyclic) bond motifs is 1. The second-order valence-corrected chi connectivity index (χ2v) is 7.34. The van der Waals surface area contributed by atoms with Crippen LogP contribution in [0.3, 0.4) is 0 Å². The van der Waals surface area contributed by atoms with Gasteiger partial charge in [0.05, 0.1) is 17.5 Å². The van der Waals surface area contributed by atoms with Gasteiger partial charge in [-0.2, -0.15) is 5.26 Å². The van der Waals surface area contributed by atoms with Crippen molar-refractivity contribution in [3.63, 3.8) is 0 Å². The highest BCUT2D eigenvalue weighted by Crippen LogP contribution is 2.33. The van der Waals surface area contributed by atoms with E-state index in [0.29, 0.717) is 23.2 Å². The van der Waals surface area contributed by atoms with Crippen LogP contribution in [0.1, 0.15) is 21.5 Å². The van der Waals surface area contributed by atoms with Crippen molar-refractivity contribution in [3.8, 4) is 6.07 Å². The van der Waals surface area contributed by atoms with E-state index < -0.39 is 0 Å². The predicted molar refractivity (Wildman–Crippen MR) is 108 cm³/mol. The van der Waals surface area contributed by atoms with Crippen molar-refractivity contribution in [3.05, 3.63) is 83.4 Å². The lowest BCUT2D eigenvalue weighted by Gasteiger charge is -2.11. The molecule has 0 saturated carbocycles. The molecule has 0 atom stereocenters. The van der Waals surface area contributed by atoms with Crippen molar-refractivity contribution >= 4 is 35.0 Å². The molecule has 0 aromatic heterocycles. The topological polar surface area (TPSA) is 82.0 Å². The average molecular weight is 385 g/mol. The zero-order chi connectivity index (χ0) is 19.5. The van der Waals surface area contributed by atoms with E-state index >= 15 is 0 Å². The first-order valence-electron chi connectivity index (χ1n) is 8.64. The van der Waals surface area contributed by atoms with Gasteiger partial charge < -0.3 is 10.6 Å². The first-order chi connectivity index (χ1) is 13.6. The highest BCUT2D eigenvalue weighted by Gasteiger charge is 2.19. The Morgan fingerprint density at radius 2 is 1.79 bits per heavy atom. The zero-order valence-electron chi connectivity index (χ0n) is 14.7. The Morgan fingerprint density at radius 3 is 2.61 bits per heavy atom. The monoisotopic (exact) mass is 385 g/mol. The van der Waals surface area contributed by atoms with Crippen LogP contribution in [-0.2, 0) is 11.2 Å². The number of hydrogen-bond donors (Lipinski definition) is 2. The van der Waals surface area contributed by atoms with E-state index in [9.17, 15) is 14.9 Å². The van der Waals surface area contributed by atoms with Crippen LogP contribution in [0, 0.1) is 11.3 Å². The summed E-state index contributed by atoms with van der Waals surface area (Å²) in [4.78, 5) is 25.9. The van der Waals surface area contributed by atoms with E-state index in [4.69, 9.17) is 0 Å². The molecule has 1 aliphatic rings. The standard InChI is InChI=1S/C22H15N3O2S/c23-13-14-5-1-3-7-19(14)28-20-8-4-2-6-17(20)22(27)24-16-9-10-18-15(11-16)12-21(26)25-18/h1-11H,12H2,(H,24,27)(H,25,26). The number of nitrogens with one attached hydrogen (secondary N) is 2. The highest BCUT2D eigenvalue weighted by atomic mass is 32.2. The summed E-state index contributed by atoms with van der Waals surface area (Å²) >= 11 is 1.39. The Bertz CT molecular complexity index is 1130. The fourth-order valence-electron chi connectivity index (χ4n) is 3.02. The van der Waals surface area contributed by atoms with Crippen molar-refractivity contribution in [2.45, 2.75) is 16.2 Å². The Hall–Kier alpha value is -3.56. The van der Waals surface area contributed by atoms with Gasteiger partial charge in [0.1, 0.15) is 6.07 Å². The van der Waals surface area contributed by atoms with Crippen LogP contribution in [0.2, 0.25) is 0 Å². The summed E-state index contributed by atoms with van der Waals surface area (Å²) < 4.78 is 0. The van der Waals surface area contributed by atoms with E-state index in [1.165, 1.54) is 11.8 Å². The third kappa shape index (κ3) is 3.61. The van der Waals surface area contributed by atoms with Crippen molar-refractivity contribution in [1.29, 1.82) is 5.26 Å². The van der Waals surface area contributed by atoms with Crippen LogP contribution in [0.4, 0.5) is 11.4 Å². The minimum Gasteiger partial charge on any atom is -0.326 e. The largest absolute Gasteiger partial charge is 0.326 e. The van der Waals surface area contributed by atoms with E-state index in [-0.39, 0.29) is 11.8 Å². The number of hydrogen-bond acceptors (Lipinski definition) is 4. The number of carbonyl (C=O) groups is 2. The molecule has 0 aliphatic carbocycles. The molecule has 2 N–H and O–H groups in total. The molecule has 28 heavy (non-hydrogen) atoms. The van der Waals surface area contributed by atoms with Gasteiger partial charge >= 0.3 is 0 Å². The first kappa shape index (κ1) is 17.8. The van der Waals surface area contributed by atoms with Crippen LogP contribution in [0.15, 0.2) is 76.5 Å². The van der Waals surface area contributed by atoms with Crippen LogP contribution in [0.5, 0.6) is 0 Å². The number of benzene rings is 3. The van der Waals surface area contributed by atoms with Gasteiger partial charge in [0.15, 0.2) is 0 Å². The normalized spacial score (nSPS) is 12.0. The number of nitriles is 1. The second kappa shape index (κ2) is 7.59. The smallest absolute Gasteiger partial charge is 0.256 e. The van der Waals surface area contributed by atoms with E-state index in [1.807, 2.05) is 36.4 Å². The molecule has 1 heterocycles. The molecule has 1 aliphatic heterocycles. The third-order valence-electron chi connectivity index (χ3n) is 4.35. The quantitative estimate of drug-likeness (QED) is 0.695. The molecule has 0 spiro atoms. The lowest BCUT2D eigenvalue weighted by molar-refractivity contribution is -0.115. The fourth-order valence-corrected chi connectivity index (χ4v) is 4.04. The van der Waals surface area contributed by atoms with Crippen LogP contribution >= 0.6 is 11.8 Å². The van der Waals surface area contributed by atoms with Crippen molar-refractivity contribution < 1.29 is 9.59 Å². The van der Waals surface area contributed by atoms with Crippen LogP contribution in [0.25, 0.3) is 0 Å². The number of nitrogens with zero attached hydrogens (tertiary/aromatic N) is 1. The van der Waals surface area contributed by atoms with Crippen LogP contribution in [-0.4, -0.2) is 11.8 Å². The molecule has 0 unspecified atom stereocenters. The minimum atomic E-state index is -0.241. The molecule has 136 valence electrons. The number of anilines is 2. The molecule has 0 saturated heterocycles. The molecule has 2 amide bonds. The molecule has 0 radical (unpaired) electrons. The van der Waals surface area contributed by atoms with Gasteiger partial charge in [-0.1, -0.05) is 36.0 Å². The van der Waals surface area contributed by atoms with Gasteiger partial charge in [0.25, 0.3) is 5.91 Å². The summed E-state index contributed by atoms with van der Waals surface area (Å²) in [6, 6.07) is 22.1. The third-order valence-corrected chi connectivity index (χ3v) is 5.50. The lowest BCUT2D eigenvalue weighted by Crippen LogP contribution is -2.13. The fraction of sp³-hybridized carbons (Fsp3) is 0.0455.